The van der Waals surface area contributed by atoms with Crippen molar-refractivity contribution in [3.8, 4) is 0 Å². The minimum absolute atomic E-state index is 0.0779. The number of anilines is 1. The second-order valence-electron chi connectivity index (χ2n) is 2.81. The molecule has 0 aliphatic rings. The summed E-state index contributed by atoms with van der Waals surface area (Å²) in [7, 11) is 0. The molecule has 0 saturated heterocycles. The van der Waals surface area contributed by atoms with E-state index in [4.69, 9.17) is 52.1 Å². The van der Waals surface area contributed by atoms with E-state index in [2.05, 4.69) is 10.1 Å². The summed E-state index contributed by atoms with van der Waals surface area (Å²) in [6, 6.07) is 1.55. The van der Waals surface area contributed by atoms with Crippen molar-refractivity contribution in [2.75, 3.05) is 5.73 Å². The van der Waals surface area contributed by atoms with Crippen molar-refractivity contribution < 1.29 is 0 Å². The molecule has 15 heavy (non-hydrogen) atoms. The van der Waals surface area contributed by atoms with Gasteiger partial charge in [0.2, 0.25) is 5.82 Å². The summed E-state index contributed by atoms with van der Waals surface area (Å²) in [5.41, 5.74) is 6.43. The summed E-state index contributed by atoms with van der Waals surface area (Å²) >= 11 is 22.7. The number of fused-ring (bicyclic) bond motifs is 1. The molecule has 0 spiro atoms. The summed E-state index contributed by atoms with van der Waals surface area (Å²) in [4.78, 5) is 4.00. The van der Waals surface area contributed by atoms with Gasteiger partial charge in [0, 0.05) is 6.07 Å². The SMILES string of the molecule is Nc1cn2nc(C(Cl)(Cl)Cl)nc2cc1Cl. The van der Waals surface area contributed by atoms with Crippen LogP contribution in [0.15, 0.2) is 12.3 Å². The number of hydrogen-bond donors (Lipinski definition) is 1. The Balaban J connectivity index is 2.66. The third-order valence-electron chi connectivity index (χ3n) is 1.70. The molecule has 0 aliphatic heterocycles. The van der Waals surface area contributed by atoms with Crippen LogP contribution < -0.4 is 5.73 Å². The monoisotopic (exact) mass is 284 g/mol. The van der Waals surface area contributed by atoms with Gasteiger partial charge in [0.15, 0.2) is 5.65 Å². The van der Waals surface area contributed by atoms with Gasteiger partial charge in [-0.25, -0.2) is 9.50 Å². The van der Waals surface area contributed by atoms with Gasteiger partial charge in [-0.05, 0) is 0 Å². The molecule has 8 heteroatoms. The van der Waals surface area contributed by atoms with E-state index in [0.717, 1.165) is 0 Å². The zero-order valence-electron chi connectivity index (χ0n) is 7.09. The largest absolute Gasteiger partial charge is 0.396 e. The molecular weight excluding hydrogens is 282 g/mol. The van der Waals surface area contributed by atoms with Crippen molar-refractivity contribution in [3.63, 3.8) is 0 Å². The van der Waals surface area contributed by atoms with E-state index in [1.165, 1.54) is 10.7 Å². The molecule has 0 amide bonds. The number of nitrogens with two attached hydrogens (primary N) is 1. The van der Waals surface area contributed by atoms with Gasteiger partial charge in [0.05, 0.1) is 16.9 Å². The van der Waals surface area contributed by atoms with Crippen LogP contribution in [0.1, 0.15) is 5.82 Å². The van der Waals surface area contributed by atoms with Crippen LogP contribution in [0.3, 0.4) is 0 Å². The molecule has 2 rings (SSSR count). The summed E-state index contributed by atoms with van der Waals surface area (Å²) in [5.74, 6) is 0.0779. The fourth-order valence-electron chi connectivity index (χ4n) is 1.04. The Hall–Kier alpha value is -0.420. The topological polar surface area (TPSA) is 56.2 Å². The minimum Gasteiger partial charge on any atom is -0.396 e. The van der Waals surface area contributed by atoms with Gasteiger partial charge in [-0.1, -0.05) is 46.4 Å². The molecule has 2 aromatic rings. The summed E-state index contributed by atoms with van der Waals surface area (Å²) < 4.78 is -0.258. The normalized spacial score (nSPS) is 12.3. The van der Waals surface area contributed by atoms with Crippen LogP contribution in [0, 0.1) is 0 Å². The van der Waals surface area contributed by atoms with E-state index in [1.807, 2.05) is 0 Å². The molecule has 0 unspecified atom stereocenters. The van der Waals surface area contributed by atoms with Gasteiger partial charge < -0.3 is 5.73 Å². The Morgan fingerprint density at radius 3 is 2.60 bits per heavy atom. The minimum atomic E-state index is -1.66. The summed E-state index contributed by atoms with van der Waals surface area (Å²) in [6.07, 6.45) is 1.50. The lowest BCUT2D eigenvalue weighted by atomic mass is 10.4. The lowest BCUT2D eigenvalue weighted by Crippen LogP contribution is -2.03. The van der Waals surface area contributed by atoms with Gasteiger partial charge >= 0.3 is 0 Å². The molecule has 0 saturated carbocycles. The molecule has 2 aromatic heterocycles. The van der Waals surface area contributed by atoms with E-state index >= 15 is 0 Å². The van der Waals surface area contributed by atoms with Crippen LogP contribution in [-0.2, 0) is 3.79 Å². The molecule has 0 bridgehead atoms. The maximum absolute atomic E-state index is 5.81. The Labute approximate surface area is 105 Å². The Bertz CT molecular complexity index is 476. The highest BCUT2D eigenvalue weighted by atomic mass is 35.6. The van der Waals surface area contributed by atoms with Crippen LogP contribution >= 0.6 is 46.4 Å². The average molecular weight is 286 g/mol. The Kier molecular flexibility index (Phi) is 2.63. The number of nitrogens with zero attached hydrogens (tertiary/aromatic N) is 3. The number of hydrogen-bond acceptors (Lipinski definition) is 3. The first-order valence-electron chi connectivity index (χ1n) is 3.76. The first-order valence-corrected chi connectivity index (χ1v) is 5.28. The lowest BCUT2D eigenvalue weighted by Gasteiger charge is -2.02. The average Bonchev–Trinajstić information content (AvgIpc) is 2.47. The molecule has 2 N–H and O–H groups in total. The smallest absolute Gasteiger partial charge is 0.252 e. The van der Waals surface area contributed by atoms with Crippen LogP contribution in [-0.4, -0.2) is 14.6 Å². The number of alkyl halides is 3. The number of pyridine rings is 1. The van der Waals surface area contributed by atoms with Crippen molar-refractivity contribution in [3.05, 3.63) is 23.1 Å². The van der Waals surface area contributed by atoms with Crippen molar-refractivity contribution in [2.45, 2.75) is 3.79 Å². The van der Waals surface area contributed by atoms with Crippen LogP contribution in [0.5, 0.6) is 0 Å². The molecule has 4 nitrogen and oxygen atoms in total. The highest BCUT2D eigenvalue weighted by molar-refractivity contribution is 6.66. The predicted molar refractivity (Wildman–Crippen MR) is 61.6 cm³/mol. The van der Waals surface area contributed by atoms with Crippen molar-refractivity contribution >= 4 is 57.7 Å². The van der Waals surface area contributed by atoms with Crippen molar-refractivity contribution in [1.82, 2.24) is 14.6 Å². The highest BCUT2D eigenvalue weighted by Gasteiger charge is 2.28. The first kappa shape index (κ1) is 11.1. The number of halogens is 4. The molecular formula is C7H4Cl4N4. The third kappa shape index (κ3) is 2.08. The molecule has 0 radical (unpaired) electrons. The number of nitrogen functional groups attached to an aromatic ring is 1. The van der Waals surface area contributed by atoms with Crippen LogP contribution in [0.25, 0.3) is 5.65 Å². The second-order valence-corrected chi connectivity index (χ2v) is 5.50. The van der Waals surface area contributed by atoms with E-state index < -0.39 is 3.79 Å². The maximum atomic E-state index is 5.81. The predicted octanol–water partition coefficient (Wildman–Crippen LogP) is 2.79. The van der Waals surface area contributed by atoms with Crippen molar-refractivity contribution in [1.29, 1.82) is 0 Å². The van der Waals surface area contributed by atoms with Gasteiger partial charge in [-0.3, -0.25) is 0 Å². The number of rotatable bonds is 0. The standard InChI is InChI=1S/C7H4Cl4N4/c8-3-1-5-13-6(7(9,10)11)14-15(5)2-4(3)12/h1-2H,12H2. The zero-order valence-corrected chi connectivity index (χ0v) is 10.1. The molecule has 2 heterocycles. The van der Waals surface area contributed by atoms with Gasteiger partial charge in [-0.15, -0.1) is 5.10 Å². The van der Waals surface area contributed by atoms with E-state index in [0.29, 0.717) is 16.4 Å². The van der Waals surface area contributed by atoms with Gasteiger partial charge in [-0.2, -0.15) is 0 Å². The third-order valence-corrected chi connectivity index (χ3v) is 2.54. The fraction of sp³-hybridized carbons (Fsp3) is 0.143. The van der Waals surface area contributed by atoms with E-state index in [-0.39, 0.29) is 5.82 Å². The summed E-state index contributed by atoms with van der Waals surface area (Å²) in [6.45, 7) is 0. The molecule has 0 fully saturated rings. The molecule has 0 aliphatic carbocycles. The van der Waals surface area contributed by atoms with Crippen LogP contribution in [0.4, 0.5) is 5.69 Å². The van der Waals surface area contributed by atoms with E-state index in [1.54, 1.807) is 6.07 Å². The van der Waals surface area contributed by atoms with E-state index in [9.17, 15) is 0 Å². The quantitative estimate of drug-likeness (QED) is 0.757. The van der Waals surface area contributed by atoms with Gasteiger partial charge in [0.1, 0.15) is 0 Å². The van der Waals surface area contributed by atoms with Crippen LogP contribution in [0.2, 0.25) is 5.02 Å². The highest BCUT2D eigenvalue weighted by Crippen LogP contribution is 2.36. The van der Waals surface area contributed by atoms with Crippen molar-refractivity contribution in [2.24, 2.45) is 0 Å². The lowest BCUT2D eigenvalue weighted by molar-refractivity contribution is 0.900. The molecule has 0 atom stereocenters. The molecule has 80 valence electrons. The maximum Gasteiger partial charge on any atom is 0.252 e. The molecule has 0 aromatic carbocycles. The Morgan fingerprint density at radius 2 is 2.00 bits per heavy atom. The Morgan fingerprint density at radius 1 is 1.33 bits per heavy atom. The van der Waals surface area contributed by atoms with Gasteiger partial charge in [0.25, 0.3) is 3.79 Å². The second kappa shape index (κ2) is 3.56. The number of aromatic nitrogens is 3. The fourth-order valence-corrected chi connectivity index (χ4v) is 1.43. The first-order chi connectivity index (χ1) is 6.88. The summed E-state index contributed by atoms with van der Waals surface area (Å²) in [5, 5.41) is 4.34. The zero-order chi connectivity index (χ0) is 11.2.